The van der Waals surface area contributed by atoms with Crippen molar-refractivity contribution in [3.05, 3.63) is 94.0 Å². The fourth-order valence-electron chi connectivity index (χ4n) is 4.15. The van der Waals surface area contributed by atoms with Crippen LogP contribution in [0.2, 0.25) is 0 Å². The third-order valence-electron chi connectivity index (χ3n) is 6.67. The van der Waals surface area contributed by atoms with E-state index in [1.165, 1.54) is 17.0 Å². The van der Waals surface area contributed by atoms with E-state index in [1.54, 1.807) is 31.2 Å². The number of carbonyl (C=O) groups excluding carboxylic acids is 2. The van der Waals surface area contributed by atoms with E-state index in [0.717, 1.165) is 31.9 Å². The summed E-state index contributed by atoms with van der Waals surface area (Å²) in [5, 5.41) is 2.94. The van der Waals surface area contributed by atoms with E-state index in [-0.39, 0.29) is 23.4 Å². The molecule has 9 heteroatoms. The van der Waals surface area contributed by atoms with Crippen LogP contribution in [0.4, 0.5) is 5.69 Å². The Hall–Kier alpha value is -3.17. The number of hydrogen-bond donors (Lipinski definition) is 1. The molecule has 0 aliphatic carbocycles. The van der Waals surface area contributed by atoms with Gasteiger partial charge in [-0.1, -0.05) is 70.9 Å². The number of rotatable bonds is 11. The SMILES string of the molecule is CCC(C)NC(=O)C(C)N(Cc1ccc(Br)cc1)C(=O)CN(c1ccc(C)cc1C)S(=O)(=O)c1ccccc1. The zero-order valence-electron chi connectivity index (χ0n) is 23.0. The summed E-state index contributed by atoms with van der Waals surface area (Å²) < 4.78 is 29.8. The summed E-state index contributed by atoms with van der Waals surface area (Å²) in [6.45, 7) is 8.97. The lowest BCUT2D eigenvalue weighted by Gasteiger charge is -2.33. The normalized spacial score (nSPS) is 12.9. The Bertz CT molecular complexity index is 1400. The Morgan fingerprint density at radius 1 is 0.949 bits per heavy atom. The number of hydrogen-bond acceptors (Lipinski definition) is 4. The molecule has 0 saturated heterocycles. The number of nitrogens with zero attached hydrogens (tertiary/aromatic N) is 2. The molecule has 3 rings (SSSR count). The number of amides is 2. The van der Waals surface area contributed by atoms with Crippen LogP contribution >= 0.6 is 15.9 Å². The van der Waals surface area contributed by atoms with Crippen LogP contribution in [0.25, 0.3) is 0 Å². The number of sulfonamides is 1. The highest BCUT2D eigenvalue weighted by atomic mass is 79.9. The van der Waals surface area contributed by atoms with E-state index in [4.69, 9.17) is 0 Å². The van der Waals surface area contributed by atoms with Gasteiger partial charge in [0.2, 0.25) is 11.8 Å². The van der Waals surface area contributed by atoms with Crippen LogP contribution in [0.15, 0.2) is 82.2 Å². The first-order chi connectivity index (χ1) is 18.4. The summed E-state index contributed by atoms with van der Waals surface area (Å²) in [5.41, 5.74) is 2.94. The number of carbonyl (C=O) groups is 2. The molecule has 2 unspecified atom stereocenters. The number of anilines is 1. The fourth-order valence-corrected chi connectivity index (χ4v) is 5.92. The minimum absolute atomic E-state index is 0.0604. The van der Waals surface area contributed by atoms with Gasteiger partial charge in [0.15, 0.2) is 0 Å². The Balaban J connectivity index is 2.04. The van der Waals surface area contributed by atoms with E-state index in [2.05, 4.69) is 21.2 Å². The van der Waals surface area contributed by atoms with Crippen LogP contribution in [-0.2, 0) is 26.2 Å². The first-order valence-corrected chi connectivity index (χ1v) is 15.2. The molecule has 0 aliphatic heterocycles. The van der Waals surface area contributed by atoms with Crippen molar-refractivity contribution in [2.24, 2.45) is 0 Å². The minimum atomic E-state index is -4.09. The second-order valence-electron chi connectivity index (χ2n) is 9.76. The largest absolute Gasteiger partial charge is 0.352 e. The van der Waals surface area contributed by atoms with Crippen LogP contribution in [0.3, 0.4) is 0 Å². The lowest BCUT2D eigenvalue weighted by molar-refractivity contribution is -0.139. The van der Waals surface area contributed by atoms with Gasteiger partial charge in [0.05, 0.1) is 10.6 Å². The summed E-state index contributed by atoms with van der Waals surface area (Å²) in [5.74, 6) is -0.775. The van der Waals surface area contributed by atoms with Crippen molar-refractivity contribution < 1.29 is 18.0 Å². The second-order valence-corrected chi connectivity index (χ2v) is 12.5. The van der Waals surface area contributed by atoms with E-state index >= 15 is 0 Å². The number of nitrogens with one attached hydrogen (secondary N) is 1. The van der Waals surface area contributed by atoms with Crippen LogP contribution in [0, 0.1) is 13.8 Å². The monoisotopic (exact) mass is 613 g/mol. The maximum Gasteiger partial charge on any atom is 0.264 e. The molecule has 1 N–H and O–H groups in total. The zero-order chi connectivity index (χ0) is 28.7. The summed E-state index contributed by atoms with van der Waals surface area (Å²) in [6.07, 6.45) is 0.745. The Kier molecular flexibility index (Phi) is 10.3. The molecule has 0 saturated carbocycles. The molecule has 39 heavy (non-hydrogen) atoms. The average molecular weight is 615 g/mol. The molecule has 0 fully saturated rings. The summed E-state index contributed by atoms with van der Waals surface area (Å²) in [7, 11) is -4.09. The molecule has 2 atom stereocenters. The molecule has 208 valence electrons. The summed E-state index contributed by atoms with van der Waals surface area (Å²) in [6, 6.07) is 20.1. The molecule has 3 aromatic carbocycles. The molecule has 3 aromatic rings. The van der Waals surface area contributed by atoms with Gasteiger partial charge in [0.1, 0.15) is 12.6 Å². The molecule has 0 radical (unpaired) electrons. The smallest absolute Gasteiger partial charge is 0.264 e. The van der Waals surface area contributed by atoms with Crippen molar-refractivity contribution in [2.45, 2.75) is 64.6 Å². The molecule has 0 aliphatic rings. The quantitative estimate of drug-likeness (QED) is 0.305. The predicted molar refractivity (Wildman–Crippen MR) is 159 cm³/mol. The van der Waals surface area contributed by atoms with Crippen molar-refractivity contribution in [1.29, 1.82) is 0 Å². The minimum Gasteiger partial charge on any atom is -0.352 e. The lowest BCUT2D eigenvalue weighted by atomic mass is 10.1. The number of halogens is 1. The first kappa shape index (κ1) is 30.4. The molecule has 0 heterocycles. The van der Waals surface area contributed by atoms with Gasteiger partial charge >= 0.3 is 0 Å². The van der Waals surface area contributed by atoms with E-state index < -0.39 is 28.5 Å². The van der Waals surface area contributed by atoms with Crippen LogP contribution < -0.4 is 9.62 Å². The maximum absolute atomic E-state index is 14.0. The van der Waals surface area contributed by atoms with Crippen LogP contribution in [0.1, 0.15) is 43.9 Å². The van der Waals surface area contributed by atoms with Crippen molar-refractivity contribution in [3.8, 4) is 0 Å². The van der Waals surface area contributed by atoms with E-state index in [0.29, 0.717) is 5.69 Å². The molecule has 0 spiro atoms. The highest BCUT2D eigenvalue weighted by Gasteiger charge is 2.33. The number of aryl methyl sites for hydroxylation is 2. The third-order valence-corrected chi connectivity index (χ3v) is 8.97. The van der Waals surface area contributed by atoms with Crippen molar-refractivity contribution in [1.82, 2.24) is 10.2 Å². The van der Waals surface area contributed by atoms with Crippen molar-refractivity contribution in [2.75, 3.05) is 10.8 Å². The first-order valence-electron chi connectivity index (χ1n) is 12.9. The zero-order valence-corrected chi connectivity index (χ0v) is 25.4. The summed E-state index contributed by atoms with van der Waals surface area (Å²) in [4.78, 5) is 28.6. The molecule has 2 amide bonds. The topological polar surface area (TPSA) is 86.8 Å². The highest BCUT2D eigenvalue weighted by molar-refractivity contribution is 9.10. The molecule has 0 bridgehead atoms. The Morgan fingerprint density at radius 3 is 2.18 bits per heavy atom. The van der Waals surface area contributed by atoms with Gasteiger partial charge < -0.3 is 10.2 Å². The van der Waals surface area contributed by atoms with E-state index in [1.807, 2.05) is 64.1 Å². The standard InChI is InChI=1S/C30H36BrN3O4S/c1-6-23(4)32-30(36)24(5)33(19-25-13-15-26(31)16-14-25)29(35)20-34(28-17-12-21(2)18-22(28)3)39(37,38)27-10-8-7-9-11-27/h7-18,23-24H,6,19-20H2,1-5H3,(H,32,36). The third kappa shape index (κ3) is 7.70. The average Bonchev–Trinajstić information content (AvgIpc) is 2.91. The van der Waals surface area contributed by atoms with Gasteiger partial charge in [-0.25, -0.2) is 8.42 Å². The van der Waals surface area contributed by atoms with E-state index in [9.17, 15) is 18.0 Å². The molecule has 0 aromatic heterocycles. The molecule has 7 nitrogen and oxygen atoms in total. The Morgan fingerprint density at radius 2 is 1.59 bits per heavy atom. The number of benzene rings is 3. The molecular formula is C30H36BrN3O4S. The van der Waals surface area contributed by atoms with Gasteiger partial charge in [-0.05, 0) is 75.6 Å². The lowest BCUT2D eigenvalue weighted by Crippen LogP contribution is -2.52. The molecular weight excluding hydrogens is 578 g/mol. The second kappa shape index (κ2) is 13.3. The van der Waals surface area contributed by atoms with Gasteiger partial charge in [0.25, 0.3) is 10.0 Å². The highest BCUT2D eigenvalue weighted by Crippen LogP contribution is 2.28. The Labute approximate surface area is 240 Å². The maximum atomic E-state index is 14.0. The van der Waals surface area contributed by atoms with Crippen LogP contribution in [0.5, 0.6) is 0 Å². The van der Waals surface area contributed by atoms with Crippen LogP contribution in [-0.4, -0.2) is 43.8 Å². The van der Waals surface area contributed by atoms with Crippen molar-refractivity contribution in [3.63, 3.8) is 0 Å². The van der Waals surface area contributed by atoms with Gasteiger partial charge in [0, 0.05) is 17.1 Å². The van der Waals surface area contributed by atoms with Gasteiger partial charge in [-0.15, -0.1) is 0 Å². The predicted octanol–water partition coefficient (Wildman–Crippen LogP) is 5.59. The fraction of sp³-hybridized carbons (Fsp3) is 0.333. The van der Waals surface area contributed by atoms with Gasteiger partial charge in [-0.2, -0.15) is 0 Å². The summed E-state index contributed by atoms with van der Waals surface area (Å²) >= 11 is 3.42. The van der Waals surface area contributed by atoms with Crippen molar-refractivity contribution >= 4 is 43.5 Å². The van der Waals surface area contributed by atoms with Gasteiger partial charge in [-0.3, -0.25) is 13.9 Å².